The third-order valence-corrected chi connectivity index (χ3v) is 10.2. The quantitative estimate of drug-likeness (QED) is 0.0479. The molecular formula is C40H78O10. The van der Waals surface area contributed by atoms with Crippen molar-refractivity contribution in [3.05, 3.63) is 24.3 Å². The molecule has 0 N–H and O–H groups in total. The second kappa shape index (κ2) is 31.6. The zero-order valence-corrected chi connectivity index (χ0v) is 34.1. The maximum atomic E-state index is 5.98. The first-order valence-corrected chi connectivity index (χ1v) is 18.7. The molecule has 10 atom stereocenters. The lowest BCUT2D eigenvalue weighted by atomic mass is 9.93. The zero-order valence-electron chi connectivity index (χ0n) is 34.1. The highest BCUT2D eigenvalue weighted by atomic mass is 16.5. The van der Waals surface area contributed by atoms with Crippen LogP contribution in [0.2, 0.25) is 0 Å². The topological polar surface area (TPSA) is 92.3 Å². The van der Waals surface area contributed by atoms with E-state index in [1.807, 2.05) is 6.08 Å². The van der Waals surface area contributed by atoms with E-state index in [0.29, 0.717) is 19.3 Å². The van der Waals surface area contributed by atoms with Crippen LogP contribution in [0.4, 0.5) is 0 Å². The average molecular weight is 719 g/mol. The standard InChI is InChI=1S/C40H78O10/c1-14-16-17-18-20-30(3)40(50-13)29-39(49-12)28-38(48-11)27-37(47-10)26-36(46-9)25-35(45-8)24-34(44-7)23-33(43-6)22-32(42-5)21-31(41-4)19-15-2/h15,20,31-40H,2,14,16-19,21-29H2,1,3-13H3/b30-20+/t31-,32-,33-,34?,35?,36?,37-,38-,39-,40-/m0/s1. The molecule has 298 valence electrons. The van der Waals surface area contributed by atoms with Gasteiger partial charge >= 0.3 is 0 Å². The summed E-state index contributed by atoms with van der Waals surface area (Å²) in [6, 6.07) is 0. The number of methoxy groups -OCH3 is 10. The van der Waals surface area contributed by atoms with Gasteiger partial charge in [-0.2, -0.15) is 0 Å². The molecule has 0 aliphatic heterocycles. The van der Waals surface area contributed by atoms with Crippen LogP contribution in [0.3, 0.4) is 0 Å². The summed E-state index contributed by atoms with van der Waals surface area (Å²) < 4.78 is 58.9. The highest BCUT2D eigenvalue weighted by molar-refractivity contribution is 5.06. The number of ether oxygens (including phenoxy) is 10. The van der Waals surface area contributed by atoms with Gasteiger partial charge in [-0.25, -0.2) is 0 Å². The highest BCUT2D eigenvalue weighted by Crippen LogP contribution is 2.26. The van der Waals surface area contributed by atoms with Gasteiger partial charge in [0.25, 0.3) is 0 Å². The largest absolute Gasteiger partial charge is 0.381 e. The van der Waals surface area contributed by atoms with Crippen LogP contribution in [0.1, 0.15) is 104 Å². The van der Waals surface area contributed by atoms with Gasteiger partial charge in [0.05, 0.1) is 61.0 Å². The van der Waals surface area contributed by atoms with Crippen LogP contribution < -0.4 is 0 Å². The fourth-order valence-electron chi connectivity index (χ4n) is 6.69. The smallest absolute Gasteiger partial charge is 0.0803 e. The Bertz CT molecular complexity index is 811. The molecule has 0 bridgehead atoms. The maximum Gasteiger partial charge on any atom is 0.0803 e. The number of rotatable bonds is 35. The van der Waals surface area contributed by atoms with Crippen molar-refractivity contribution >= 4 is 0 Å². The van der Waals surface area contributed by atoms with E-state index in [0.717, 1.165) is 51.4 Å². The Morgan fingerprint density at radius 1 is 0.440 bits per heavy atom. The van der Waals surface area contributed by atoms with Crippen molar-refractivity contribution in [1.82, 2.24) is 0 Å². The molecule has 0 heterocycles. The van der Waals surface area contributed by atoms with Crippen molar-refractivity contribution < 1.29 is 47.4 Å². The first-order valence-electron chi connectivity index (χ1n) is 18.7. The maximum absolute atomic E-state index is 5.98. The van der Waals surface area contributed by atoms with Gasteiger partial charge in [-0.3, -0.25) is 0 Å². The molecule has 0 aromatic carbocycles. The van der Waals surface area contributed by atoms with E-state index in [1.165, 1.54) is 24.8 Å². The molecule has 0 aliphatic rings. The van der Waals surface area contributed by atoms with Gasteiger partial charge in [0.2, 0.25) is 0 Å². The molecule has 10 nitrogen and oxygen atoms in total. The summed E-state index contributed by atoms with van der Waals surface area (Å²) in [6.07, 6.45) is 16.1. The van der Waals surface area contributed by atoms with Gasteiger partial charge in [-0.05, 0) is 76.7 Å². The fourth-order valence-corrected chi connectivity index (χ4v) is 6.69. The summed E-state index contributed by atoms with van der Waals surface area (Å²) >= 11 is 0. The van der Waals surface area contributed by atoms with Gasteiger partial charge < -0.3 is 47.4 Å². The lowest BCUT2D eigenvalue weighted by Crippen LogP contribution is -2.34. The molecule has 0 amide bonds. The van der Waals surface area contributed by atoms with Crippen molar-refractivity contribution in [2.24, 2.45) is 0 Å². The molecule has 0 fully saturated rings. The minimum absolute atomic E-state index is 0.00204. The van der Waals surface area contributed by atoms with E-state index in [2.05, 4.69) is 26.5 Å². The van der Waals surface area contributed by atoms with E-state index in [1.54, 1.807) is 71.1 Å². The van der Waals surface area contributed by atoms with E-state index in [9.17, 15) is 0 Å². The monoisotopic (exact) mass is 719 g/mol. The SMILES string of the molecule is C=CC[C@@H](C[C@@H](C[C@@H](CC(CC(CC(C[C@@H](C[C@@H](C[C@@H](C[C@H](OC)/C(C)=C/CCCCC)OC)OC)OC)OC)OC)OC)OC)OC)OC. The summed E-state index contributed by atoms with van der Waals surface area (Å²) in [5, 5.41) is 0. The Labute approximate surface area is 307 Å². The molecule has 0 aromatic rings. The van der Waals surface area contributed by atoms with Gasteiger partial charge in [0.15, 0.2) is 0 Å². The van der Waals surface area contributed by atoms with Crippen molar-refractivity contribution in [2.45, 2.75) is 165 Å². The minimum Gasteiger partial charge on any atom is -0.381 e. The van der Waals surface area contributed by atoms with Gasteiger partial charge in [-0.15, -0.1) is 6.58 Å². The third-order valence-electron chi connectivity index (χ3n) is 10.2. The summed E-state index contributed by atoms with van der Waals surface area (Å²) in [5.41, 5.74) is 1.26. The van der Waals surface area contributed by atoms with Crippen LogP contribution in [-0.4, -0.2) is 132 Å². The molecule has 0 spiro atoms. The number of allylic oxidation sites excluding steroid dienone is 1. The van der Waals surface area contributed by atoms with Crippen LogP contribution in [0.15, 0.2) is 24.3 Å². The average Bonchev–Trinajstić information content (AvgIpc) is 3.14. The summed E-state index contributed by atoms with van der Waals surface area (Å²) in [6.45, 7) is 8.23. The molecule has 0 aliphatic carbocycles. The first kappa shape index (κ1) is 49.1. The zero-order chi connectivity index (χ0) is 37.7. The van der Waals surface area contributed by atoms with Crippen molar-refractivity contribution in [1.29, 1.82) is 0 Å². The van der Waals surface area contributed by atoms with Gasteiger partial charge in [-0.1, -0.05) is 31.9 Å². The number of hydrogen-bond donors (Lipinski definition) is 0. The minimum atomic E-state index is -0.0663. The molecule has 0 saturated carbocycles. The van der Waals surface area contributed by atoms with Crippen LogP contribution in [-0.2, 0) is 47.4 Å². The second-order valence-electron chi connectivity index (χ2n) is 13.5. The van der Waals surface area contributed by atoms with Crippen molar-refractivity contribution in [2.75, 3.05) is 71.1 Å². The highest BCUT2D eigenvalue weighted by Gasteiger charge is 2.29. The summed E-state index contributed by atoms with van der Waals surface area (Å²) in [5.74, 6) is 0. The third kappa shape index (κ3) is 21.6. The molecular weight excluding hydrogens is 640 g/mol. The number of unbranched alkanes of at least 4 members (excludes halogenated alkanes) is 3. The lowest BCUT2D eigenvalue weighted by Gasteiger charge is -2.31. The fraction of sp³-hybridized carbons (Fsp3) is 0.900. The van der Waals surface area contributed by atoms with E-state index < -0.39 is 0 Å². The van der Waals surface area contributed by atoms with E-state index in [4.69, 9.17) is 47.4 Å². The molecule has 0 aromatic heterocycles. The van der Waals surface area contributed by atoms with Crippen LogP contribution >= 0.6 is 0 Å². The van der Waals surface area contributed by atoms with Crippen molar-refractivity contribution in [3.63, 3.8) is 0 Å². The lowest BCUT2D eigenvalue weighted by molar-refractivity contribution is -0.0595. The molecule has 0 rings (SSSR count). The predicted molar refractivity (Wildman–Crippen MR) is 202 cm³/mol. The van der Waals surface area contributed by atoms with Gasteiger partial charge in [0.1, 0.15) is 0 Å². The summed E-state index contributed by atoms with van der Waals surface area (Å²) in [4.78, 5) is 0. The Morgan fingerprint density at radius 2 is 0.740 bits per heavy atom. The molecule has 0 radical (unpaired) electrons. The van der Waals surface area contributed by atoms with E-state index in [-0.39, 0.29) is 61.0 Å². The first-order chi connectivity index (χ1) is 24.1. The molecule has 10 heteroatoms. The Balaban J connectivity index is 5.30. The van der Waals surface area contributed by atoms with Gasteiger partial charge in [0, 0.05) is 83.9 Å². The van der Waals surface area contributed by atoms with Crippen molar-refractivity contribution in [3.8, 4) is 0 Å². The molecule has 50 heavy (non-hydrogen) atoms. The second-order valence-corrected chi connectivity index (χ2v) is 13.5. The Morgan fingerprint density at radius 3 is 1.00 bits per heavy atom. The molecule has 3 unspecified atom stereocenters. The normalized spacial score (nSPS) is 18.5. The Kier molecular flexibility index (Phi) is 31.0. The van der Waals surface area contributed by atoms with E-state index >= 15 is 0 Å². The van der Waals surface area contributed by atoms with Crippen LogP contribution in [0, 0.1) is 0 Å². The van der Waals surface area contributed by atoms with Crippen LogP contribution in [0.5, 0.6) is 0 Å². The van der Waals surface area contributed by atoms with Crippen LogP contribution in [0.25, 0.3) is 0 Å². The predicted octanol–water partition coefficient (Wildman–Crippen LogP) is 7.75. The Hall–Kier alpha value is -0.920. The molecule has 0 saturated heterocycles. The summed E-state index contributed by atoms with van der Waals surface area (Å²) in [7, 11) is 17.5. The number of hydrogen-bond acceptors (Lipinski definition) is 10.